The van der Waals surface area contributed by atoms with E-state index in [9.17, 15) is 0 Å². The minimum Gasteiger partial charge on any atom is -0.493 e. The number of thiophene rings is 1. The van der Waals surface area contributed by atoms with Crippen molar-refractivity contribution >= 4 is 53.1 Å². The maximum atomic E-state index is 5.63. The monoisotopic (exact) mass is 450 g/mol. The molecule has 1 nitrogen and oxygen atoms in total. The van der Waals surface area contributed by atoms with Gasteiger partial charge in [-0.2, -0.15) is 0 Å². The van der Waals surface area contributed by atoms with Gasteiger partial charge in [-0.25, -0.2) is 0 Å². The van der Waals surface area contributed by atoms with E-state index in [1.165, 1.54) is 64.2 Å². The van der Waals surface area contributed by atoms with Gasteiger partial charge >= 0.3 is 16.0 Å². The molecule has 0 spiro atoms. The Kier molecular flexibility index (Phi) is 20.4. The summed E-state index contributed by atoms with van der Waals surface area (Å²) in [5.41, 5.74) is 0. The molecule has 1 heterocycles. The molecule has 5 heteroatoms. The van der Waals surface area contributed by atoms with Gasteiger partial charge in [-0.3, -0.25) is 25.8 Å². The Hall–Kier alpha value is 1.23. The molecule has 21 heavy (non-hydrogen) atoms. The first-order valence-corrected chi connectivity index (χ1v) is 16.9. The van der Waals surface area contributed by atoms with E-state index in [-0.39, 0.29) is 16.0 Å². The predicted octanol–water partition coefficient (Wildman–Crippen LogP) is 7.36. The highest BCUT2D eigenvalue weighted by Gasteiger charge is 1.94. The summed E-state index contributed by atoms with van der Waals surface area (Å²) in [6, 6.07) is 2.04. The van der Waals surface area contributed by atoms with Crippen molar-refractivity contribution in [3.05, 3.63) is 16.8 Å². The van der Waals surface area contributed by atoms with Gasteiger partial charge in [0, 0.05) is 5.38 Å². The molecule has 0 saturated carbocycles. The average Bonchev–Trinajstić information content (AvgIpc) is 2.99. The molecule has 1 rings (SSSR count). The average molecular weight is 453 g/mol. The Labute approximate surface area is 157 Å². The molecule has 0 aliphatic heterocycles. The summed E-state index contributed by atoms with van der Waals surface area (Å²) in [6.07, 6.45) is 13.8. The van der Waals surface area contributed by atoms with E-state index in [4.69, 9.17) is 4.74 Å². The summed E-state index contributed by atoms with van der Waals surface area (Å²) < 4.78 is 5.63. The van der Waals surface area contributed by atoms with Gasteiger partial charge in [0.15, 0.2) is 0 Å². The molecular formula is C16H28Br2MgOS. The van der Waals surface area contributed by atoms with Crippen molar-refractivity contribution in [2.75, 3.05) is 6.61 Å². The molecule has 0 saturated heterocycles. The number of rotatable bonds is 12. The van der Waals surface area contributed by atoms with Crippen molar-refractivity contribution in [3.63, 3.8) is 0 Å². The smallest absolute Gasteiger partial charge is 0.493 e. The third-order valence-electron chi connectivity index (χ3n) is 3.26. The molecule has 0 aliphatic rings. The topological polar surface area (TPSA) is 9.23 Å². The van der Waals surface area contributed by atoms with Crippen molar-refractivity contribution in [1.29, 1.82) is 0 Å². The van der Waals surface area contributed by atoms with E-state index < -0.39 is 0 Å². The van der Waals surface area contributed by atoms with Gasteiger partial charge in [0.1, 0.15) is 5.75 Å². The minimum absolute atomic E-state index is 0.0417. The second-order valence-corrected chi connectivity index (χ2v) is 14.0. The Bertz CT molecular complexity index is 284. The molecule has 120 valence electrons. The van der Waals surface area contributed by atoms with Crippen LogP contribution in [0.4, 0.5) is 0 Å². The number of unbranched alkanes of at least 4 members (excludes halogenated alkanes) is 9. The quantitative estimate of drug-likeness (QED) is 0.238. The molecule has 0 amide bonds. The molecule has 0 fully saturated rings. The lowest BCUT2D eigenvalue weighted by Gasteiger charge is -2.04. The highest BCUT2D eigenvalue weighted by molar-refractivity contribution is 9.47. The molecule has 0 N–H and O–H groups in total. The number of hydrogen-bond acceptors (Lipinski definition) is 2. The van der Waals surface area contributed by atoms with E-state index in [0.717, 1.165) is 12.4 Å². The van der Waals surface area contributed by atoms with Crippen LogP contribution in [-0.4, -0.2) is 22.6 Å². The van der Waals surface area contributed by atoms with Crippen LogP contribution in [0.5, 0.6) is 5.75 Å². The standard InChI is InChI=1S/C16H28OS.2BrH.Mg/c1-2-3-4-5-6-7-8-9-10-11-13-17-16-12-14-18-15-16;;;/h12,14-15H,2-11,13H2,1H3;2*1H;/q;;;+2/p-2. The van der Waals surface area contributed by atoms with Crippen molar-refractivity contribution < 1.29 is 4.74 Å². The Morgan fingerprint density at radius 1 is 0.952 bits per heavy atom. The summed E-state index contributed by atoms with van der Waals surface area (Å²) in [4.78, 5) is 0. The fourth-order valence-electron chi connectivity index (χ4n) is 2.11. The highest BCUT2D eigenvalue weighted by atomic mass is 79.9. The summed E-state index contributed by atoms with van der Waals surface area (Å²) in [5, 5.41) is 4.13. The molecule has 1 aromatic heterocycles. The SMILES string of the molecule is CCCCCCCCCCCCOc1ccsc1.[Br][Mg][Br]. The van der Waals surface area contributed by atoms with E-state index in [0.29, 0.717) is 0 Å². The van der Waals surface area contributed by atoms with Gasteiger partial charge in [-0.15, -0.1) is 11.3 Å². The summed E-state index contributed by atoms with van der Waals surface area (Å²) in [5.74, 6) is 1.04. The van der Waals surface area contributed by atoms with Gasteiger partial charge < -0.3 is 4.74 Å². The van der Waals surface area contributed by atoms with Crippen LogP contribution >= 0.6 is 37.1 Å². The molecule has 0 aromatic carbocycles. The normalized spacial score (nSPS) is 9.67. The lowest BCUT2D eigenvalue weighted by Crippen LogP contribution is -1.95. The fraction of sp³-hybridized carbons (Fsp3) is 0.750. The van der Waals surface area contributed by atoms with Gasteiger partial charge in [-0.05, 0) is 17.9 Å². The van der Waals surface area contributed by atoms with Crippen molar-refractivity contribution in [2.45, 2.75) is 71.1 Å². The molecule has 1 aromatic rings. The first-order chi connectivity index (χ1) is 10.3. The summed E-state index contributed by atoms with van der Waals surface area (Å²) >= 11 is 8.14. The largest absolute Gasteiger partial charge is 0.560 e. The predicted molar refractivity (Wildman–Crippen MR) is 105 cm³/mol. The lowest BCUT2D eigenvalue weighted by molar-refractivity contribution is 0.305. The van der Waals surface area contributed by atoms with Crippen LogP contribution in [0.1, 0.15) is 71.1 Å². The van der Waals surface area contributed by atoms with Crippen LogP contribution in [0.2, 0.25) is 0 Å². The van der Waals surface area contributed by atoms with E-state index in [1.807, 2.05) is 6.07 Å². The first kappa shape index (κ1) is 22.2. The number of halogens is 2. The molecule has 0 radical (unpaired) electrons. The van der Waals surface area contributed by atoms with Crippen molar-refractivity contribution in [3.8, 4) is 5.75 Å². The Morgan fingerprint density at radius 2 is 1.48 bits per heavy atom. The number of hydrogen-bond donors (Lipinski definition) is 0. The van der Waals surface area contributed by atoms with Crippen LogP contribution < -0.4 is 4.74 Å². The third kappa shape index (κ3) is 17.4. The zero-order valence-corrected chi connectivity index (χ0v) is 18.7. The van der Waals surface area contributed by atoms with Crippen LogP contribution in [-0.2, 0) is 0 Å². The first-order valence-electron chi connectivity index (χ1n) is 8.12. The van der Waals surface area contributed by atoms with Gasteiger partial charge in [0.25, 0.3) is 0 Å². The van der Waals surface area contributed by atoms with Crippen LogP contribution in [0.3, 0.4) is 0 Å². The Morgan fingerprint density at radius 3 is 1.95 bits per heavy atom. The minimum atomic E-state index is 0.0417. The lowest BCUT2D eigenvalue weighted by atomic mass is 10.1. The van der Waals surface area contributed by atoms with Crippen LogP contribution in [0.25, 0.3) is 0 Å². The van der Waals surface area contributed by atoms with E-state index >= 15 is 0 Å². The molecule has 0 bridgehead atoms. The maximum Gasteiger partial charge on any atom is 0.560 e. The molecular weight excluding hydrogens is 424 g/mol. The van der Waals surface area contributed by atoms with Gasteiger partial charge in [-0.1, -0.05) is 64.7 Å². The van der Waals surface area contributed by atoms with Gasteiger partial charge in [0.05, 0.1) is 6.61 Å². The van der Waals surface area contributed by atoms with Crippen LogP contribution in [0, 0.1) is 0 Å². The number of ether oxygens (including phenoxy) is 1. The maximum absolute atomic E-state index is 5.63. The van der Waals surface area contributed by atoms with Crippen molar-refractivity contribution in [2.24, 2.45) is 0 Å². The second-order valence-electron chi connectivity index (χ2n) is 5.09. The van der Waals surface area contributed by atoms with E-state index in [1.54, 1.807) is 11.3 Å². The molecule has 0 unspecified atom stereocenters. The third-order valence-corrected chi connectivity index (χ3v) is 3.92. The zero-order valence-electron chi connectivity index (χ0n) is 13.3. The summed E-state index contributed by atoms with van der Waals surface area (Å²) in [7, 11) is 0. The summed E-state index contributed by atoms with van der Waals surface area (Å²) in [6.45, 7) is 3.16. The zero-order chi connectivity index (χ0) is 15.6. The second kappa shape index (κ2) is 19.3. The van der Waals surface area contributed by atoms with E-state index in [2.05, 4.69) is 43.5 Å². The molecule has 0 atom stereocenters. The molecule has 0 aliphatic carbocycles. The highest BCUT2D eigenvalue weighted by Crippen LogP contribution is 2.15. The van der Waals surface area contributed by atoms with Crippen molar-refractivity contribution in [1.82, 2.24) is 0 Å². The van der Waals surface area contributed by atoms with Gasteiger partial charge in [0.2, 0.25) is 0 Å². The van der Waals surface area contributed by atoms with Crippen LogP contribution in [0.15, 0.2) is 16.8 Å². The fourth-order valence-corrected chi connectivity index (χ4v) is 2.69. The Balaban J connectivity index is 0.00000122.